The highest BCUT2D eigenvalue weighted by atomic mass is 35.5. The molecule has 0 bridgehead atoms. The first-order valence-corrected chi connectivity index (χ1v) is 6.21. The third kappa shape index (κ3) is 5.38. The molecular weight excluding hydrogens is 220 g/mol. The van der Waals surface area contributed by atoms with Gasteiger partial charge in [0.2, 0.25) is 0 Å². The summed E-state index contributed by atoms with van der Waals surface area (Å²) in [5.74, 6) is 0. The SMILES string of the molecule is CC(C)NCC[C@@H](C)Nc1ccc(Cl)cc1. The molecule has 0 radical (unpaired) electrons. The van der Waals surface area contributed by atoms with Crippen molar-refractivity contribution >= 4 is 17.3 Å². The van der Waals surface area contributed by atoms with Crippen LogP contribution in [-0.4, -0.2) is 18.6 Å². The van der Waals surface area contributed by atoms with Crippen LogP contribution in [0.5, 0.6) is 0 Å². The van der Waals surface area contributed by atoms with E-state index in [-0.39, 0.29) is 0 Å². The Morgan fingerprint density at radius 3 is 2.31 bits per heavy atom. The number of hydrogen-bond acceptors (Lipinski definition) is 2. The molecule has 1 atom stereocenters. The predicted octanol–water partition coefficient (Wildman–Crippen LogP) is 3.53. The Hall–Kier alpha value is -0.730. The van der Waals surface area contributed by atoms with E-state index in [0.29, 0.717) is 12.1 Å². The number of nitrogens with one attached hydrogen (secondary N) is 2. The monoisotopic (exact) mass is 240 g/mol. The summed E-state index contributed by atoms with van der Waals surface area (Å²) < 4.78 is 0. The Morgan fingerprint density at radius 2 is 1.75 bits per heavy atom. The van der Waals surface area contributed by atoms with E-state index in [9.17, 15) is 0 Å². The Bertz CT molecular complexity index is 295. The Balaban J connectivity index is 2.28. The van der Waals surface area contributed by atoms with Crippen molar-refractivity contribution in [3.05, 3.63) is 29.3 Å². The molecule has 0 aliphatic heterocycles. The molecule has 0 aliphatic rings. The Labute approximate surface area is 103 Å². The molecule has 0 aliphatic carbocycles. The molecule has 1 aromatic rings. The molecule has 0 aromatic heterocycles. The quantitative estimate of drug-likeness (QED) is 0.795. The molecule has 1 aromatic carbocycles. The molecule has 1 rings (SSSR count). The number of hydrogen-bond donors (Lipinski definition) is 2. The van der Waals surface area contributed by atoms with Gasteiger partial charge in [0.15, 0.2) is 0 Å². The van der Waals surface area contributed by atoms with Crippen molar-refractivity contribution < 1.29 is 0 Å². The fourth-order valence-corrected chi connectivity index (χ4v) is 1.62. The number of halogens is 1. The van der Waals surface area contributed by atoms with Gasteiger partial charge in [-0.1, -0.05) is 25.4 Å². The molecule has 2 nitrogen and oxygen atoms in total. The van der Waals surface area contributed by atoms with Gasteiger partial charge >= 0.3 is 0 Å². The van der Waals surface area contributed by atoms with E-state index in [1.54, 1.807) is 0 Å². The van der Waals surface area contributed by atoms with Crippen molar-refractivity contribution in [2.24, 2.45) is 0 Å². The summed E-state index contributed by atoms with van der Waals surface area (Å²) in [5.41, 5.74) is 1.13. The predicted molar refractivity (Wildman–Crippen MR) is 72.3 cm³/mol. The zero-order valence-corrected chi connectivity index (χ0v) is 11.0. The van der Waals surface area contributed by atoms with Crippen LogP contribution in [0, 0.1) is 0 Å². The van der Waals surface area contributed by atoms with Crippen LogP contribution in [0.3, 0.4) is 0 Å². The summed E-state index contributed by atoms with van der Waals surface area (Å²) in [6, 6.07) is 8.85. The van der Waals surface area contributed by atoms with Crippen molar-refractivity contribution in [2.45, 2.75) is 39.3 Å². The van der Waals surface area contributed by atoms with Gasteiger partial charge < -0.3 is 10.6 Å². The van der Waals surface area contributed by atoms with Gasteiger partial charge in [-0.05, 0) is 44.2 Å². The third-order valence-corrected chi connectivity index (χ3v) is 2.64. The van der Waals surface area contributed by atoms with E-state index < -0.39 is 0 Å². The highest BCUT2D eigenvalue weighted by Gasteiger charge is 2.02. The highest BCUT2D eigenvalue weighted by molar-refractivity contribution is 6.30. The van der Waals surface area contributed by atoms with Crippen LogP contribution in [0.2, 0.25) is 5.02 Å². The molecule has 90 valence electrons. The standard InChI is InChI=1S/C13H21ClN2/c1-10(2)15-9-8-11(3)16-13-6-4-12(14)5-7-13/h4-7,10-11,15-16H,8-9H2,1-3H3/t11-/m1/s1. The molecule has 0 heterocycles. The van der Waals surface area contributed by atoms with E-state index in [1.807, 2.05) is 24.3 Å². The molecular formula is C13H21ClN2. The number of rotatable bonds is 6. The second kappa shape index (κ2) is 6.77. The van der Waals surface area contributed by atoms with Crippen LogP contribution < -0.4 is 10.6 Å². The number of benzene rings is 1. The summed E-state index contributed by atoms with van der Waals surface area (Å²) in [6.45, 7) is 7.56. The maximum absolute atomic E-state index is 5.83. The zero-order chi connectivity index (χ0) is 12.0. The third-order valence-electron chi connectivity index (χ3n) is 2.39. The minimum atomic E-state index is 0.465. The van der Waals surface area contributed by atoms with Crippen molar-refractivity contribution in [1.82, 2.24) is 5.32 Å². The van der Waals surface area contributed by atoms with Gasteiger partial charge in [-0.15, -0.1) is 0 Å². The smallest absolute Gasteiger partial charge is 0.0407 e. The lowest BCUT2D eigenvalue weighted by molar-refractivity contribution is 0.550. The number of anilines is 1. The minimum Gasteiger partial charge on any atom is -0.383 e. The fourth-order valence-electron chi connectivity index (χ4n) is 1.49. The van der Waals surface area contributed by atoms with E-state index in [4.69, 9.17) is 11.6 Å². The lowest BCUT2D eigenvalue weighted by Gasteiger charge is -2.16. The maximum atomic E-state index is 5.83. The summed E-state index contributed by atoms with van der Waals surface area (Å²) in [7, 11) is 0. The van der Waals surface area contributed by atoms with E-state index in [0.717, 1.165) is 23.7 Å². The summed E-state index contributed by atoms with van der Waals surface area (Å²) in [4.78, 5) is 0. The molecule has 3 heteroatoms. The molecule has 0 spiro atoms. The lowest BCUT2D eigenvalue weighted by atomic mass is 10.2. The largest absolute Gasteiger partial charge is 0.383 e. The first-order valence-electron chi connectivity index (χ1n) is 5.83. The summed E-state index contributed by atoms with van der Waals surface area (Å²) in [5, 5.41) is 7.63. The van der Waals surface area contributed by atoms with Gasteiger partial charge in [0.1, 0.15) is 0 Å². The van der Waals surface area contributed by atoms with Crippen molar-refractivity contribution in [2.75, 3.05) is 11.9 Å². The highest BCUT2D eigenvalue weighted by Crippen LogP contribution is 2.14. The van der Waals surface area contributed by atoms with Crippen LogP contribution in [0.25, 0.3) is 0 Å². The van der Waals surface area contributed by atoms with Gasteiger partial charge in [-0.2, -0.15) is 0 Å². The minimum absolute atomic E-state index is 0.465. The normalized spacial score (nSPS) is 12.8. The van der Waals surface area contributed by atoms with Gasteiger partial charge in [-0.3, -0.25) is 0 Å². The maximum Gasteiger partial charge on any atom is 0.0407 e. The van der Waals surface area contributed by atoms with Gasteiger partial charge in [0, 0.05) is 22.8 Å². The Morgan fingerprint density at radius 1 is 1.12 bits per heavy atom. The average Bonchev–Trinajstić information content (AvgIpc) is 2.21. The van der Waals surface area contributed by atoms with Crippen molar-refractivity contribution in [3.8, 4) is 0 Å². The van der Waals surface area contributed by atoms with Crippen LogP contribution in [0.1, 0.15) is 27.2 Å². The molecule has 0 unspecified atom stereocenters. The van der Waals surface area contributed by atoms with Crippen LogP contribution in [0.4, 0.5) is 5.69 Å². The van der Waals surface area contributed by atoms with Crippen LogP contribution in [-0.2, 0) is 0 Å². The fraction of sp³-hybridized carbons (Fsp3) is 0.538. The van der Waals surface area contributed by atoms with Gasteiger partial charge in [0.25, 0.3) is 0 Å². The molecule has 0 amide bonds. The second-order valence-corrected chi connectivity index (χ2v) is 4.89. The average molecular weight is 241 g/mol. The first kappa shape index (κ1) is 13.3. The topological polar surface area (TPSA) is 24.1 Å². The van der Waals surface area contributed by atoms with Crippen LogP contribution in [0.15, 0.2) is 24.3 Å². The summed E-state index contributed by atoms with van der Waals surface area (Å²) >= 11 is 5.83. The molecule has 2 N–H and O–H groups in total. The van der Waals surface area contributed by atoms with Gasteiger partial charge in [-0.25, -0.2) is 0 Å². The molecule has 0 saturated heterocycles. The second-order valence-electron chi connectivity index (χ2n) is 4.45. The van der Waals surface area contributed by atoms with Crippen molar-refractivity contribution in [3.63, 3.8) is 0 Å². The Kier molecular flexibility index (Phi) is 5.64. The molecule has 0 saturated carbocycles. The van der Waals surface area contributed by atoms with E-state index in [1.165, 1.54) is 0 Å². The van der Waals surface area contributed by atoms with E-state index in [2.05, 4.69) is 31.4 Å². The van der Waals surface area contributed by atoms with E-state index >= 15 is 0 Å². The molecule has 0 fully saturated rings. The van der Waals surface area contributed by atoms with Gasteiger partial charge in [0.05, 0.1) is 0 Å². The zero-order valence-electron chi connectivity index (χ0n) is 10.3. The first-order chi connectivity index (χ1) is 7.58. The molecule has 16 heavy (non-hydrogen) atoms. The lowest BCUT2D eigenvalue weighted by Crippen LogP contribution is -2.28. The van der Waals surface area contributed by atoms with Crippen LogP contribution >= 0.6 is 11.6 Å². The van der Waals surface area contributed by atoms with Crippen molar-refractivity contribution in [1.29, 1.82) is 0 Å². The summed E-state index contributed by atoms with van der Waals surface area (Å²) in [6.07, 6.45) is 1.11.